The number of nitrogens with zero attached hydrogens (tertiary/aromatic N) is 1. The number of ether oxygens (including phenoxy) is 4. The van der Waals surface area contributed by atoms with E-state index in [2.05, 4.69) is 5.32 Å². The van der Waals surface area contributed by atoms with E-state index in [1.807, 2.05) is 38.2 Å². The number of rotatable bonds is 11. The maximum absolute atomic E-state index is 14.1. The molecular weight excluding hydrogens is 1090 g/mol. The molecule has 0 radical (unpaired) electrons. The van der Waals surface area contributed by atoms with Crippen molar-refractivity contribution in [1.82, 2.24) is 4.90 Å². The minimum Gasteiger partial charge on any atom is -0.461 e. The summed E-state index contributed by atoms with van der Waals surface area (Å²) in [6.07, 6.45) is 5.39. The number of likely N-dealkylation sites (tertiary alicyclic amines) is 1. The summed E-state index contributed by atoms with van der Waals surface area (Å²) in [5.74, 6) is -6.14. The first-order chi connectivity index (χ1) is 39.9. The summed E-state index contributed by atoms with van der Waals surface area (Å²) in [5.41, 5.74) is 7.46. The molecule has 21 nitrogen and oxygen atoms in total. The molecule has 0 aliphatic carbocycles. The largest absolute Gasteiger partial charge is 0.461 e. The summed E-state index contributed by atoms with van der Waals surface area (Å²) >= 11 is 0. The predicted molar refractivity (Wildman–Crippen MR) is 313 cm³/mol. The number of benzene rings is 1. The number of amides is 1. The van der Waals surface area contributed by atoms with Crippen molar-refractivity contribution in [3.8, 4) is 0 Å². The number of ketones is 2. The number of carbonyl (C=O) groups is 4. The lowest BCUT2D eigenvalue weighted by Gasteiger charge is -2.46. The number of hydrogen-bond donors (Lipinski definition) is 12. The molecule has 4 heterocycles. The number of anilines is 1. The molecule has 0 aromatic heterocycles. The lowest BCUT2D eigenvalue weighted by atomic mass is 9.82. The van der Waals surface area contributed by atoms with E-state index >= 15 is 0 Å². The predicted octanol–water partition coefficient (Wildman–Crippen LogP) is 3.28. The van der Waals surface area contributed by atoms with Crippen LogP contribution in [-0.4, -0.2) is 197 Å². The van der Waals surface area contributed by atoms with Gasteiger partial charge >= 0.3 is 5.97 Å². The number of esters is 1. The minimum atomic E-state index is -2.25. The summed E-state index contributed by atoms with van der Waals surface area (Å²) < 4.78 is 24.4. The number of aliphatic hydroxyl groups excluding tert-OH is 9. The van der Waals surface area contributed by atoms with Gasteiger partial charge < -0.3 is 86.0 Å². The van der Waals surface area contributed by atoms with E-state index in [0.717, 1.165) is 18.5 Å². The van der Waals surface area contributed by atoms with Crippen LogP contribution in [-0.2, 0) is 33.3 Å². The number of cyclic esters (lactones) is 1. The summed E-state index contributed by atoms with van der Waals surface area (Å²) in [6, 6.07) is 5.80. The summed E-state index contributed by atoms with van der Waals surface area (Å²) in [6.45, 7) is 6.18. The molecule has 19 atom stereocenters. The van der Waals surface area contributed by atoms with Crippen molar-refractivity contribution in [2.24, 2.45) is 23.5 Å². The molecule has 5 rings (SSSR count). The van der Waals surface area contributed by atoms with Crippen LogP contribution in [0.15, 0.2) is 109 Å². The lowest BCUT2D eigenvalue weighted by Crippen LogP contribution is -2.62. The monoisotopic (exact) mass is 1180 g/mol. The molecule has 1 aromatic carbocycles. The van der Waals surface area contributed by atoms with Crippen molar-refractivity contribution in [2.45, 2.75) is 208 Å². The van der Waals surface area contributed by atoms with Crippen LogP contribution in [0.3, 0.4) is 0 Å². The first-order valence-electron chi connectivity index (χ1n) is 29.5. The highest BCUT2D eigenvalue weighted by Crippen LogP contribution is 2.39. The van der Waals surface area contributed by atoms with E-state index in [4.69, 9.17) is 24.7 Å². The highest BCUT2D eigenvalue weighted by atomic mass is 16.7. The summed E-state index contributed by atoms with van der Waals surface area (Å²) in [4.78, 5) is 55.1. The third-order valence-electron chi connectivity index (χ3n) is 15.8. The fourth-order valence-electron chi connectivity index (χ4n) is 11.2. The van der Waals surface area contributed by atoms with Crippen LogP contribution >= 0.6 is 0 Å². The fourth-order valence-corrected chi connectivity index (χ4v) is 11.2. The third-order valence-corrected chi connectivity index (χ3v) is 15.8. The Balaban J connectivity index is 1.34. The van der Waals surface area contributed by atoms with Crippen molar-refractivity contribution in [2.75, 3.05) is 25.5 Å². The van der Waals surface area contributed by atoms with E-state index in [-0.39, 0.29) is 49.7 Å². The first kappa shape index (κ1) is 69.7. The fraction of sp³-hybridized carbons (Fsp3) is 0.619. The topological polar surface area (TPSA) is 349 Å². The average molecular weight is 1180 g/mol. The normalized spacial score (nSPS) is 35.1. The number of hydrogen-bond acceptors (Lipinski definition) is 20. The molecule has 1 amide bonds. The molecule has 1 aromatic rings. The summed E-state index contributed by atoms with van der Waals surface area (Å²) in [5, 5.41) is 114. The number of Topliss-reactive ketones (excluding diaryl/α,β-unsaturated/α-hetero) is 2. The van der Waals surface area contributed by atoms with Gasteiger partial charge in [0.25, 0.3) is 0 Å². The van der Waals surface area contributed by atoms with Gasteiger partial charge in [-0.1, -0.05) is 98.9 Å². The van der Waals surface area contributed by atoms with Crippen LogP contribution in [0.1, 0.15) is 121 Å². The van der Waals surface area contributed by atoms with E-state index < -0.39 is 160 Å². The van der Waals surface area contributed by atoms with Gasteiger partial charge in [0.2, 0.25) is 5.91 Å². The highest BCUT2D eigenvalue weighted by molar-refractivity contribution is 5.96. The Bertz CT molecular complexity index is 2420. The number of aliphatic hydroxyl groups is 10. The quantitative estimate of drug-likeness (QED) is 0.112. The molecule has 3 saturated heterocycles. The molecule has 84 heavy (non-hydrogen) atoms. The van der Waals surface area contributed by atoms with Crippen molar-refractivity contribution >= 4 is 29.1 Å². The number of allylic oxidation sites excluding steroid dienone is 12. The molecule has 21 heteroatoms. The maximum atomic E-state index is 14.1. The second-order valence-electron chi connectivity index (χ2n) is 23.1. The number of nitrogens with one attached hydrogen (secondary N) is 1. The van der Waals surface area contributed by atoms with Gasteiger partial charge in [-0.15, -0.1) is 0 Å². The van der Waals surface area contributed by atoms with Crippen molar-refractivity contribution in [1.29, 1.82) is 0 Å². The smallest absolute Gasteiger partial charge is 0.308 e. The van der Waals surface area contributed by atoms with Gasteiger partial charge in [-0.2, -0.15) is 0 Å². The minimum absolute atomic E-state index is 0.100. The molecule has 0 saturated carbocycles. The zero-order valence-electron chi connectivity index (χ0n) is 48.9. The van der Waals surface area contributed by atoms with Crippen molar-refractivity contribution in [3.05, 3.63) is 115 Å². The second-order valence-corrected chi connectivity index (χ2v) is 23.1. The van der Waals surface area contributed by atoms with Crippen molar-refractivity contribution < 1.29 is 89.2 Å². The SMILES string of the molecule is CNc1ccc(C(=O)CC(O)CCC(C)C2OC(=O)CC(O)CC(=O)CC(O)CC(O)CC(O)CC(O)CC3(O)CC(O)C(C(=O)N4CCCC4)C(CC(O[C@@H]4O[C@H](C)[C@@H](O)[C@H](N)[C@@H]4O)C=CC=CC=CC=CC=CC=CC=CC2C)O3)cc1. The van der Waals surface area contributed by atoms with E-state index in [1.165, 1.54) is 0 Å². The third kappa shape index (κ3) is 23.0. The van der Waals surface area contributed by atoms with Crippen LogP contribution in [0, 0.1) is 17.8 Å². The van der Waals surface area contributed by atoms with Gasteiger partial charge in [0, 0.05) is 75.8 Å². The Hall–Kier alpha value is -5.08. The standard InChI is InChI=1S/C63H93N3O18/c1-39-19-15-13-11-9-7-5-6-8-10-12-14-16-20-51(82-62-59(78)57(64)58(77)41(3)81-62)36-54-56(61(79)66-27-17-18-28-66)53(75)38-63(80,84-54)37-50(73)33-48(71)31-46(69)29-45(68)30-47(70)32-49(72)35-55(76)83-60(39)40(2)21-26-44(67)34-52(74)42-22-24-43(65-4)25-23-42/h5-16,19-20,22-25,39-41,44-46,48-51,53-54,56-60,62,65,67-69,71-73,75,77-78,80H,17-18,21,26-38,64H2,1-4H3/t39?,40?,41-,44?,45?,46?,48?,49?,50?,51?,53?,54?,56?,57+,58-,59+,60?,62+,63?/m1/s1. The lowest BCUT2D eigenvalue weighted by molar-refractivity contribution is -0.307. The molecular formula is C63H93N3O18. The Labute approximate surface area is 493 Å². The maximum Gasteiger partial charge on any atom is 0.308 e. The van der Waals surface area contributed by atoms with Gasteiger partial charge in [-0.05, 0) is 82.1 Å². The van der Waals surface area contributed by atoms with Gasteiger partial charge in [-0.3, -0.25) is 19.2 Å². The zero-order valence-corrected chi connectivity index (χ0v) is 48.9. The zero-order chi connectivity index (χ0) is 61.5. The average Bonchev–Trinajstić information content (AvgIpc) is 3.50. The number of nitrogens with two attached hydrogens (primary N) is 1. The molecule has 4 aliphatic rings. The Morgan fingerprint density at radius 1 is 0.726 bits per heavy atom. The molecule has 2 bridgehead atoms. The van der Waals surface area contributed by atoms with E-state index in [9.17, 15) is 70.2 Å². The van der Waals surface area contributed by atoms with Crippen LogP contribution in [0.5, 0.6) is 0 Å². The van der Waals surface area contributed by atoms with Gasteiger partial charge in [0.05, 0.1) is 85.5 Å². The Morgan fingerprint density at radius 2 is 1.29 bits per heavy atom. The van der Waals surface area contributed by atoms with Crippen LogP contribution in [0.25, 0.3) is 0 Å². The number of carbonyl (C=O) groups excluding carboxylic acids is 4. The molecule has 4 aliphatic heterocycles. The first-order valence-corrected chi connectivity index (χ1v) is 29.5. The molecule has 3 fully saturated rings. The highest BCUT2D eigenvalue weighted by Gasteiger charge is 2.52. The molecule has 0 spiro atoms. The van der Waals surface area contributed by atoms with Gasteiger partial charge in [-0.25, -0.2) is 0 Å². The van der Waals surface area contributed by atoms with E-state index in [0.29, 0.717) is 25.1 Å². The van der Waals surface area contributed by atoms with Crippen LogP contribution in [0.2, 0.25) is 0 Å². The van der Waals surface area contributed by atoms with Gasteiger partial charge in [0.15, 0.2) is 17.9 Å². The Morgan fingerprint density at radius 3 is 1.89 bits per heavy atom. The Kier molecular flexibility index (Phi) is 29.0. The molecule has 468 valence electrons. The molecule has 13 N–H and O–H groups in total. The van der Waals surface area contributed by atoms with Crippen molar-refractivity contribution in [3.63, 3.8) is 0 Å². The van der Waals surface area contributed by atoms with Gasteiger partial charge in [0.1, 0.15) is 18.0 Å². The van der Waals surface area contributed by atoms with Crippen LogP contribution in [0.4, 0.5) is 5.69 Å². The van der Waals surface area contributed by atoms with Crippen LogP contribution < -0.4 is 11.1 Å². The summed E-state index contributed by atoms with van der Waals surface area (Å²) in [7, 11) is 1.77. The number of fused-ring (bicyclic) bond motifs is 2. The molecule has 14 unspecified atom stereocenters. The van der Waals surface area contributed by atoms with E-state index in [1.54, 1.807) is 104 Å². The second kappa shape index (κ2) is 34.9.